The molecule has 0 spiro atoms. The van der Waals surface area contributed by atoms with Crippen LogP contribution in [0, 0.1) is 0 Å². The van der Waals surface area contributed by atoms with Crippen molar-refractivity contribution in [1.29, 1.82) is 0 Å². The minimum atomic E-state index is -0.134. The van der Waals surface area contributed by atoms with Crippen LogP contribution in [0.4, 0.5) is 5.82 Å². The van der Waals surface area contributed by atoms with Gasteiger partial charge in [0.15, 0.2) is 0 Å². The predicted molar refractivity (Wildman–Crippen MR) is 63.1 cm³/mol. The Balaban J connectivity index is 2.88. The second-order valence-corrected chi connectivity index (χ2v) is 3.43. The number of methoxy groups -OCH3 is 1. The fourth-order valence-electron chi connectivity index (χ4n) is 1.60. The Bertz CT molecular complexity index is 590. The molecule has 0 fully saturated rings. The average Bonchev–Trinajstić information content (AvgIpc) is 2.33. The van der Waals surface area contributed by atoms with Gasteiger partial charge in [0.1, 0.15) is 17.2 Å². The lowest BCUT2D eigenvalue weighted by Crippen LogP contribution is -2.17. The van der Waals surface area contributed by atoms with Gasteiger partial charge in [-0.25, -0.2) is 4.98 Å². The normalized spacial score (nSPS) is 10.4. The number of ether oxygens (including phenoxy) is 1. The molecule has 5 nitrogen and oxygen atoms in total. The highest BCUT2D eigenvalue weighted by molar-refractivity contribution is 5.83. The summed E-state index contributed by atoms with van der Waals surface area (Å²) >= 11 is 0. The first-order valence-corrected chi connectivity index (χ1v) is 4.90. The first kappa shape index (κ1) is 10.5. The summed E-state index contributed by atoms with van der Waals surface area (Å²) in [5.74, 6) is 1.27. The van der Waals surface area contributed by atoms with E-state index in [2.05, 4.69) is 10.3 Å². The van der Waals surface area contributed by atoms with Crippen molar-refractivity contribution in [3.05, 3.63) is 28.6 Å². The number of fused-ring (bicyclic) bond motifs is 1. The second kappa shape index (κ2) is 3.84. The van der Waals surface area contributed by atoms with E-state index in [1.54, 1.807) is 21.2 Å². The van der Waals surface area contributed by atoms with Gasteiger partial charge in [0.25, 0.3) is 5.56 Å². The maximum Gasteiger partial charge on any atom is 0.255 e. The zero-order valence-electron chi connectivity index (χ0n) is 9.44. The third kappa shape index (κ3) is 1.50. The number of aryl methyl sites for hydroxylation is 1. The summed E-state index contributed by atoms with van der Waals surface area (Å²) in [5.41, 5.74) is 0.473. The molecular weight excluding hydrogens is 206 g/mol. The molecule has 5 heteroatoms. The standard InChI is InChI=1S/C11H13N3O2/c1-12-9-5-4-7-8(16-3)6-10(15)14(2)11(7)13-9/h4-6H,1-3H3,(H,12,13). The van der Waals surface area contributed by atoms with Crippen molar-refractivity contribution in [1.82, 2.24) is 9.55 Å². The molecule has 0 amide bonds. The van der Waals surface area contributed by atoms with E-state index in [0.29, 0.717) is 11.4 Å². The number of hydrogen-bond acceptors (Lipinski definition) is 4. The highest BCUT2D eigenvalue weighted by Crippen LogP contribution is 2.22. The highest BCUT2D eigenvalue weighted by Gasteiger charge is 2.08. The second-order valence-electron chi connectivity index (χ2n) is 3.43. The molecule has 0 aliphatic carbocycles. The van der Waals surface area contributed by atoms with Crippen LogP contribution >= 0.6 is 0 Å². The molecule has 0 aromatic carbocycles. The Labute approximate surface area is 92.7 Å². The molecule has 0 atom stereocenters. The molecule has 84 valence electrons. The first-order chi connectivity index (χ1) is 7.67. The van der Waals surface area contributed by atoms with Crippen molar-refractivity contribution in [2.45, 2.75) is 0 Å². The summed E-state index contributed by atoms with van der Waals surface area (Å²) in [6.07, 6.45) is 0. The Morgan fingerprint density at radius 2 is 2.19 bits per heavy atom. The molecular formula is C11H13N3O2. The van der Waals surface area contributed by atoms with Gasteiger partial charge in [0, 0.05) is 20.2 Å². The van der Waals surface area contributed by atoms with Crippen LogP contribution in [-0.2, 0) is 7.05 Å². The predicted octanol–water partition coefficient (Wildman–Crippen LogP) is 0.984. The van der Waals surface area contributed by atoms with Crippen LogP contribution < -0.4 is 15.6 Å². The quantitative estimate of drug-likeness (QED) is 0.818. The van der Waals surface area contributed by atoms with Gasteiger partial charge in [-0.15, -0.1) is 0 Å². The third-order valence-electron chi connectivity index (χ3n) is 2.52. The number of aromatic nitrogens is 2. The van der Waals surface area contributed by atoms with E-state index in [-0.39, 0.29) is 5.56 Å². The summed E-state index contributed by atoms with van der Waals surface area (Å²) in [5, 5.41) is 3.76. The van der Waals surface area contributed by atoms with Gasteiger partial charge in [0.05, 0.1) is 12.5 Å². The molecule has 2 aromatic rings. The van der Waals surface area contributed by atoms with Crippen molar-refractivity contribution >= 4 is 16.9 Å². The topological polar surface area (TPSA) is 56.1 Å². The number of nitrogens with zero attached hydrogens (tertiary/aromatic N) is 2. The van der Waals surface area contributed by atoms with E-state index in [9.17, 15) is 4.79 Å². The minimum absolute atomic E-state index is 0.134. The molecule has 1 N–H and O–H groups in total. The molecule has 0 radical (unpaired) electrons. The number of nitrogens with one attached hydrogen (secondary N) is 1. The minimum Gasteiger partial charge on any atom is -0.496 e. The van der Waals surface area contributed by atoms with Crippen molar-refractivity contribution in [2.24, 2.45) is 7.05 Å². The van der Waals surface area contributed by atoms with Crippen molar-refractivity contribution < 1.29 is 4.74 Å². The largest absolute Gasteiger partial charge is 0.496 e. The summed E-state index contributed by atoms with van der Waals surface area (Å²) in [7, 11) is 5.02. The van der Waals surface area contributed by atoms with E-state index in [4.69, 9.17) is 4.74 Å². The Morgan fingerprint density at radius 3 is 2.81 bits per heavy atom. The smallest absolute Gasteiger partial charge is 0.255 e. The lowest BCUT2D eigenvalue weighted by Gasteiger charge is -2.09. The molecule has 0 saturated heterocycles. The SMILES string of the molecule is CNc1ccc2c(OC)cc(=O)n(C)c2n1. The van der Waals surface area contributed by atoms with Gasteiger partial charge < -0.3 is 10.1 Å². The van der Waals surface area contributed by atoms with Crippen molar-refractivity contribution in [2.75, 3.05) is 19.5 Å². The Hall–Kier alpha value is -2.04. The van der Waals surface area contributed by atoms with E-state index in [1.807, 2.05) is 12.1 Å². The zero-order valence-corrected chi connectivity index (χ0v) is 9.44. The summed E-state index contributed by atoms with van der Waals surface area (Å²) in [4.78, 5) is 16.0. The fourth-order valence-corrected chi connectivity index (χ4v) is 1.60. The molecule has 2 heterocycles. The van der Waals surface area contributed by atoms with Crippen LogP contribution in [0.1, 0.15) is 0 Å². The molecule has 0 aliphatic heterocycles. The third-order valence-corrected chi connectivity index (χ3v) is 2.52. The van der Waals surface area contributed by atoms with E-state index < -0.39 is 0 Å². The molecule has 16 heavy (non-hydrogen) atoms. The molecule has 0 saturated carbocycles. The summed E-state index contributed by atoms with van der Waals surface area (Å²) < 4.78 is 6.66. The van der Waals surface area contributed by atoms with Crippen LogP contribution in [0.3, 0.4) is 0 Å². The molecule has 0 unspecified atom stereocenters. The molecule has 2 rings (SSSR count). The van der Waals surface area contributed by atoms with Crippen molar-refractivity contribution in [3.8, 4) is 5.75 Å². The van der Waals surface area contributed by atoms with Crippen LogP contribution in [0.15, 0.2) is 23.0 Å². The van der Waals surface area contributed by atoms with Crippen LogP contribution in [0.2, 0.25) is 0 Å². The maximum absolute atomic E-state index is 11.6. The van der Waals surface area contributed by atoms with E-state index >= 15 is 0 Å². The monoisotopic (exact) mass is 219 g/mol. The number of anilines is 1. The molecule has 2 aromatic heterocycles. The van der Waals surface area contributed by atoms with Crippen LogP contribution in [-0.4, -0.2) is 23.7 Å². The number of pyridine rings is 2. The lowest BCUT2D eigenvalue weighted by atomic mass is 10.2. The fraction of sp³-hybridized carbons (Fsp3) is 0.273. The van der Waals surface area contributed by atoms with Gasteiger partial charge in [0.2, 0.25) is 0 Å². The lowest BCUT2D eigenvalue weighted by molar-refractivity contribution is 0.418. The van der Waals surface area contributed by atoms with Gasteiger partial charge >= 0.3 is 0 Å². The van der Waals surface area contributed by atoms with Crippen LogP contribution in [0.25, 0.3) is 11.0 Å². The van der Waals surface area contributed by atoms with Crippen LogP contribution in [0.5, 0.6) is 5.75 Å². The number of rotatable bonds is 2. The average molecular weight is 219 g/mol. The highest BCUT2D eigenvalue weighted by atomic mass is 16.5. The van der Waals surface area contributed by atoms with Gasteiger partial charge in [-0.05, 0) is 12.1 Å². The van der Waals surface area contributed by atoms with Gasteiger partial charge in [-0.3, -0.25) is 9.36 Å². The summed E-state index contributed by atoms with van der Waals surface area (Å²) in [6, 6.07) is 5.19. The van der Waals surface area contributed by atoms with E-state index in [1.165, 1.54) is 10.6 Å². The van der Waals surface area contributed by atoms with E-state index in [0.717, 1.165) is 11.2 Å². The maximum atomic E-state index is 11.6. The number of hydrogen-bond donors (Lipinski definition) is 1. The Morgan fingerprint density at radius 1 is 1.44 bits per heavy atom. The zero-order chi connectivity index (χ0) is 11.7. The first-order valence-electron chi connectivity index (χ1n) is 4.90. The molecule has 0 aliphatic rings. The van der Waals surface area contributed by atoms with Crippen molar-refractivity contribution in [3.63, 3.8) is 0 Å². The van der Waals surface area contributed by atoms with Gasteiger partial charge in [-0.2, -0.15) is 0 Å². The summed E-state index contributed by atoms with van der Waals surface area (Å²) in [6.45, 7) is 0. The Kier molecular flexibility index (Phi) is 2.52. The van der Waals surface area contributed by atoms with Gasteiger partial charge in [-0.1, -0.05) is 0 Å². The molecule has 0 bridgehead atoms.